The van der Waals surface area contributed by atoms with Crippen LogP contribution in [0.1, 0.15) is 25.0 Å². The summed E-state index contributed by atoms with van der Waals surface area (Å²) in [7, 11) is 1.62. The summed E-state index contributed by atoms with van der Waals surface area (Å²) in [5, 5.41) is 0. The molecule has 0 bridgehead atoms. The Morgan fingerprint density at radius 3 is 2.29 bits per heavy atom. The molecule has 2 aromatic heterocycles. The molecule has 0 saturated heterocycles. The summed E-state index contributed by atoms with van der Waals surface area (Å²) in [6.45, 7) is 6.77. The van der Waals surface area contributed by atoms with Gasteiger partial charge in [-0.05, 0) is 42.7 Å². The number of methoxy groups -OCH3 is 1. The molecule has 4 rings (SSSR count). The van der Waals surface area contributed by atoms with Gasteiger partial charge < -0.3 is 9.30 Å². The zero-order valence-electron chi connectivity index (χ0n) is 18.2. The van der Waals surface area contributed by atoms with Crippen LogP contribution in [0.15, 0.2) is 64.4 Å². The fraction of sp³-hybridized carbons (Fsp3) is 0.292. The van der Waals surface area contributed by atoms with E-state index in [1.54, 1.807) is 18.0 Å². The van der Waals surface area contributed by atoms with Gasteiger partial charge in [-0.25, -0.2) is 14.3 Å². The van der Waals surface area contributed by atoms with E-state index in [9.17, 15) is 9.59 Å². The van der Waals surface area contributed by atoms with Crippen molar-refractivity contribution in [2.75, 3.05) is 7.11 Å². The van der Waals surface area contributed by atoms with Gasteiger partial charge in [-0.2, -0.15) is 0 Å². The molecule has 0 saturated carbocycles. The molecule has 0 amide bonds. The second-order valence-corrected chi connectivity index (χ2v) is 8.16. The Morgan fingerprint density at radius 2 is 1.68 bits per heavy atom. The van der Waals surface area contributed by atoms with Gasteiger partial charge in [0.25, 0.3) is 5.56 Å². The number of nitrogens with zero attached hydrogens (tertiary/aromatic N) is 4. The first-order valence-corrected chi connectivity index (χ1v) is 10.3. The van der Waals surface area contributed by atoms with Crippen LogP contribution in [0.25, 0.3) is 16.9 Å². The first-order chi connectivity index (χ1) is 14.9. The van der Waals surface area contributed by atoms with Crippen LogP contribution in [0.3, 0.4) is 0 Å². The average molecular weight is 418 g/mol. The van der Waals surface area contributed by atoms with E-state index < -0.39 is 0 Å². The fourth-order valence-electron chi connectivity index (χ4n) is 3.68. The van der Waals surface area contributed by atoms with Crippen molar-refractivity contribution in [1.82, 2.24) is 18.7 Å². The van der Waals surface area contributed by atoms with Crippen molar-refractivity contribution >= 4 is 11.2 Å². The maximum atomic E-state index is 13.4. The minimum atomic E-state index is -0.371. The number of hydrogen-bond acceptors (Lipinski definition) is 4. The lowest BCUT2D eigenvalue weighted by Crippen LogP contribution is -2.41. The van der Waals surface area contributed by atoms with Gasteiger partial charge in [0.15, 0.2) is 11.2 Å². The number of fused-ring (bicyclic) bond motifs is 1. The van der Waals surface area contributed by atoms with Crippen LogP contribution < -0.4 is 16.0 Å². The molecule has 2 heterocycles. The highest BCUT2D eigenvalue weighted by atomic mass is 16.5. The van der Waals surface area contributed by atoms with Crippen molar-refractivity contribution in [3.8, 4) is 11.4 Å². The van der Waals surface area contributed by atoms with Crippen molar-refractivity contribution in [1.29, 1.82) is 0 Å². The maximum Gasteiger partial charge on any atom is 0.337 e. The molecule has 4 aromatic rings. The molecule has 0 aliphatic heterocycles. The molecule has 0 aliphatic carbocycles. The van der Waals surface area contributed by atoms with Crippen LogP contribution in [-0.2, 0) is 13.1 Å². The van der Waals surface area contributed by atoms with Crippen LogP contribution in [0, 0.1) is 12.8 Å². The topological polar surface area (TPSA) is 71.1 Å². The Morgan fingerprint density at radius 1 is 1.00 bits per heavy atom. The normalized spacial score (nSPS) is 11.4. The number of aromatic nitrogens is 4. The molecule has 0 radical (unpaired) electrons. The van der Waals surface area contributed by atoms with Crippen LogP contribution in [0.5, 0.6) is 5.75 Å². The van der Waals surface area contributed by atoms with Gasteiger partial charge in [0.2, 0.25) is 0 Å². The standard InChI is InChI=1S/C24H26N4O3/c1-16(2)13-27-23(29)21-22(28(24(27)30)19-9-5-17(3)6-10-19)25-15-26(21)14-18-7-11-20(31-4)12-8-18/h5-12,15-16H,13-14H2,1-4H3. The minimum Gasteiger partial charge on any atom is -0.497 e. The van der Waals surface area contributed by atoms with Crippen LogP contribution in [-0.4, -0.2) is 25.8 Å². The number of imidazole rings is 1. The van der Waals surface area contributed by atoms with Crippen LogP contribution in [0.2, 0.25) is 0 Å². The van der Waals surface area contributed by atoms with E-state index in [0.29, 0.717) is 29.9 Å². The lowest BCUT2D eigenvalue weighted by molar-refractivity contribution is 0.414. The summed E-state index contributed by atoms with van der Waals surface area (Å²) in [4.78, 5) is 31.2. The summed E-state index contributed by atoms with van der Waals surface area (Å²) < 4.78 is 9.88. The van der Waals surface area contributed by atoms with Crippen molar-refractivity contribution in [2.24, 2.45) is 5.92 Å². The predicted octanol–water partition coefficient (Wildman–Crippen LogP) is 3.37. The highest BCUT2D eigenvalue weighted by Gasteiger charge is 2.20. The third kappa shape index (κ3) is 3.91. The summed E-state index contributed by atoms with van der Waals surface area (Å²) in [6.07, 6.45) is 1.63. The summed E-state index contributed by atoms with van der Waals surface area (Å²) in [6, 6.07) is 15.3. The molecule has 0 fully saturated rings. The van der Waals surface area contributed by atoms with Gasteiger partial charge in [-0.3, -0.25) is 9.36 Å². The van der Waals surface area contributed by atoms with E-state index in [-0.39, 0.29) is 17.2 Å². The largest absolute Gasteiger partial charge is 0.497 e. The van der Waals surface area contributed by atoms with Crippen LogP contribution >= 0.6 is 0 Å². The Balaban J connectivity index is 1.94. The van der Waals surface area contributed by atoms with E-state index >= 15 is 0 Å². The Hall–Kier alpha value is -3.61. The Bertz CT molecular complexity index is 1330. The first-order valence-electron chi connectivity index (χ1n) is 10.3. The number of aryl methyl sites for hydroxylation is 1. The third-order valence-electron chi connectivity index (χ3n) is 5.25. The molecule has 0 spiro atoms. The smallest absolute Gasteiger partial charge is 0.337 e. The number of ether oxygens (including phenoxy) is 1. The molecule has 7 nitrogen and oxygen atoms in total. The third-order valence-corrected chi connectivity index (χ3v) is 5.25. The van der Waals surface area contributed by atoms with Crippen molar-refractivity contribution in [3.05, 3.63) is 86.8 Å². The molecular weight excluding hydrogens is 392 g/mol. The summed E-state index contributed by atoms with van der Waals surface area (Å²) in [5.74, 6) is 0.916. The number of rotatable bonds is 6. The van der Waals surface area contributed by atoms with Crippen molar-refractivity contribution in [3.63, 3.8) is 0 Å². The van der Waals surface area contributed by atoms with Gasteiger partial charge in [-0.1, -0.05) is 43.7 Å². The maximum absolute atomic E-state index is 13.4. The van der Waals surface area contributed by atoms with E-state index in [1.807, 2.05) is 69.3 Å². The number of benzene rings is 2. The van der Waals surface area contributed by atoms with E-state index in [4.69, 9.17) is 4.74 Å². The van der Waals surface area contributed by atoms with Crippen LogP contribution in [0.4, 0.5) is 0 Å². The second kappa shape index (κ2) is 8.26. The van der Waals surface area contributed by atoms with E-state index in [0.717, 1.165) is 16.9 Å². The van der Waals surface area contributed by atoms with Gasteiger partial charge in [0.05, 0.1) is 19.1 Å². The fourth-order valence-corrected chi connectivity index (χ4v) is 3.68. The summed E-state index contributed by atoms with van der Waals surface area (Å²) >= 11 is 0. The zero-order chi connectivity index (χ0) is 22.1. The molecule has 0 aliphatic rings. The zero-order valence-corrected chi connectivity index (χ0v) is 18.2. The van der Waals surface area contributed by atoms with E-state index in [2.05, 4.69) is 4.98 Å². The lowest BCUT2D eigenvalue weighted by atomic mass is 10.2. The molecule has 2 aromatic carbocycles. The number of hydrogen-bond donors (Lipinski definition) is 0. The quantitative estimate of drug-likeness (QED) is 0.481. The van der Waals surface area contributed by atoms with E-state index in [1.165, 1.54) is 9.13 Å². The first kappa shape index (κ1) is 20.7. The SMILES string of the molecule is COc1ccc(Cn2cnc3c2c(=O)n(CC(C)C)c(=O)n3-c2ccc(C)cc2)cc1. The molecule has 160 valence electrons. The minimum absolute atomic E-state index is 0.146. The summed E-state index contributed by atoms with van der Waals surface area (Å²) in [5.41, 5.74) is 2.88. The highest BCUT2D eigenvalue weighted by Crippen LogP contribution is 2.17. The van der Waals surface area contributed by atoms with Crippen molar-refractivity contribution in [2.45, 2.75) is 33.9 Å². The highest BCUT2D eigenvalue weighted by molar-refractivity contribution is 5.72. The predicted molar refractivity (Wildman–Crippen MR) is 121 cm³/mol. The molecular formula is C24H26N4O3. The Kier molecular flexibility index (Phi) is 5.50. The molecule has 0 atom stereocenters. The molecule has 0 N–H and O–H groups in total. The second-order valence-electron chi connectivity index (χ2n) is 8.16. The van der Waals surface area contributed by atoms with Gasteiger partial charge in [-0.15, -0.1) is 0 Å². The average Bonchev–Trinajstić information content (AvgIpc) is 3.16. The van der Waals surface area contributed by atoms with Gasteiger partial charge in [0, 0.05) is 13.1 Å². The van der Waals surface area contributed by atoms with Gasteiger partial charge in [0.1, 0.15) is 5.75 Å². The molecule has 7 heteroatoms. The van der Waals surface area contributed by atoms with Crippen molar-refractivity contribution < 1.29 is 4.74 Å². The lowest BCUT2D eigenvalue weighted by Gasteiger charge is -2.14. The monoisotopic (exact) mass is 418 g/mol. The van der Waals surface area contributed by atoms with Gasteiger partial charge >= 0.3 is 5.69 Å². The molecule has 31 heavy (non-hydrogen) atoms. The molecule has 0 unspecified atom stereocenters. The Labute approximate surface area is 180 Å².